The molecule has 2 aromatic heterocycles. The van der Waals surface area contributed by atoms with E-state index in [2.05, 4.69) is 42.0 Å². The standard InChI is InChI=1S/C19H13BrN6O2S/c20-14-6-4-5-13(11-14)18(27)22-21-12-16-9-10-17(28-16)29-19-23-24-25-26(19)15-7-2-1-3-8-15/h1-12H,(H,22,27). The van der Waals surface area contributed by atoms with Crippen molar-refractivity contribution in [3.05, 3.63) is 82.5 Å². The van der Waals surface area contributed by atoms with Crippen LogP contribution in [0.3, 0.4) is 0 Å². The Labute approximate surface area is 178 Å². The topological polar surface area (TPSA) is 98.2 Å². The average molecular weight is 469 g/mol. The summed E-state index contributed by atoms with van der Waals surface area (Å²) in [6.07, 6.45) is 1.43. The number of rotatable bonds is 6. The highest BCUT2D eigenvalue weighted by Gasteiger charge is 2.12. The third kappa shape index (κ3) is 4.79. The molecule has 4 rings (SSSR count). The Morgan fingerprint density at radius 1 is 1.14 bits per heavy atom. The molecule has 1 amide bonds. The van der Waals surface area contributed by atoms with E-state index in [9.17, 15) is 4.79 Å². The number of hydrogen-bond acceptors (Lipinski definition) is 7. The van der Waals surface area contributed by atoms with Gasteiger partial charge in [0.2, 0.25) is 5.16 Å². The molecule has 0 unspecified atom stereocenters. The van der Waals surface area contributed by atoms with Crippen molar-refractivity contribution in [1.82, 2.24) is 25.6 Å². The van der Waals surface area contributed by atoms with Crippen LogP contribution in [0.2, 0.25) is 0 Å². The molecule has 0 saturated heterocycles. The van der Waals surface area contributed by atoms with Crippen molar-refractivity contribution in [2.24, 2.45) is 5.10 Å². The fourth-order valence-corrected chi connectivity index (χ4v) is 3.53. The Balaban J connectivity index is 1.40. The first-order chi connectivity index (χ1) is 14.2. The fraction of sp³-hybridized carbons (Fsp3) is 0. The molecule has 0 aliphatic heterocycles. The number of halogens is 1. The zero-order chi connectivity index (χ0) is 20.1. The van der Waals surface area contributed by atoms with Crippen molar-refractivity contribution in [1.29, 1.82) is 0 Å². The van der Waals surface area contributed by atoms with Gasteiger partial charge in [0, 0.05) is 10.0 Å². The number of para-hydroxylation sites is 1. The second-order valence-corrected chi connectivity index (χ2v) is 7.56. The van der Waals surface area contributed by atoms with Crippen molar-refractivity contribution >= 4 is 39.8 Å². The summed E-state index contributed by atoms with van der Waals surface area (Å²) in [6, 6.07) is 20.1. The molecule has 0 atom stereocenters. The van der Waals surface area contributed by atoms with E-state index in [-0.39, 0.29) is 5.91 Å². The van der Waals surface area contributed by atoms with E-state index in [0.29, 0.717) is 21.6 Å². The van der Waals surface area contributed by atoms with Crippen molar-refractivity contribution in [2.75, 3.05) is 0 Å². The summed E-state index contributed by atoms with van der Waals surface area (Å²) in [5, 5.41) is 16.9. The largest absolute Gasteiger partial charge is 0.448 e. The number of amides is 1. The highest BCUT2D eigenvalue weighted by Crippen LogP contribution is 2.28. The molecule has 10 heteroatoms. The van der Waals surface area contributed by atoms with Crippen LogP contribution in [-0.4, -0.2) is 32.3 Å². The maximum absolute atomic E-state index is 12.1. The van der Waals surface area contributed by atoms with Crippen molar-refractivity contribution in [3.8, 4) is 5.69 Å². The number of benzene rings is 2. The maximum atomic E-state index is 12.1. The number of nitrogens with one attached hydrogen (secondary N) is 1. The fourth-order valence-electron chi connectivity index (χ4n) is 2.37. The summed E-state index contributed by atoms with van der Waals surface area (Å²) in [5.74, 6) is 0.173. The molecular weight excluding hydrogens is 456 g/mol. The van der Waals surface area contributed by atoms with Gasteiger partial charge in [0.15, 0.2) is 5.09 Å². The monoisotopic (exact) mass is 468 g/mol. The Bertz CT molecular complexity index is 1160. The van der Waals surface area contributed by atoms with Crippen LogP contribution in [0.4, 0.5) is 0 Å². The number of tetrazole rings is 1. The van der Waals surface area contributed by atoms with Gasteiger partial charge in [-0.1, -0.05) is 40.2 Å². The van der Waals surface area contributed by atoms with E-state index in [1.54, 1.807) is 35.0 Å². The number of aromatic nitrogens is 4. The van der Waals surface area contributed by atoms with E-state index in [1.807, 2.05) is 36.4 Å². The first-order valence-electron chi connectivity index (χ1n) is 8.39. The zero-order valence-electron chi connectivity index (χ0n) is 14.8. The minimum atomic E-state index is -0.314. The molecule has 1 N–H and O–H groups in total. The second-order valence-electron chi connectivity index (χ2n) is 5.68. The Hall–Kier alpha value is -3.24. The van der Waals surface area contributed by atoms with Crippen molar-refractivity contribution in [3.63, 3.8) is 0 Å². The molecule has 4 aromatic rings. The van der Waals surface area contributed by atoms with Crippen LogP contribution in [0.25, 0.3) is 5.69 Å². The van der Waals surface area contributed by atoms with E-state index in [4.69, 9.17) is 4.42 Å². The van der Waals surface area contributed by atoms with Gasteiger partial charge in [0.05, 0.1) is 11.9 Å². The predicted octanol–water partition coefficient (Wildman–Crippen LogP) is 3.93. The van der Waals surface area contributed by atoms with Crippen LogP contribution in [0.5, 0.6) is 0 Å². The SMILES string of the molecule is O=C(NN=Cc1ccc(Sc2nnnn2-c2ccccc2)o1)c1cccc(Br)c1. The molecule has 0 aliphatic rings. The van der Waals surface area contributed by atoms with E-state index in [1.165, 1.54) is 18.0 Å². The quantitative estimate of drug-likeness (QED) is 0.340. The highest BCUT2D eigenvalue weighted by atomic mass is 79.9. The normalized spacial score (nSPS) is 11.1. The third-order valence-corrected chi connectivity index (χ3v) is 5.03. The molecule has 2 heterocycles. The van der Waals surface area contributed by atoms with Gasteiger partial charge < -0.3 is 4.42 Å². The number of carbonyl (C=O) groups is 1. The van der Waals surface area contributed by atoms with Crippen molar-refractivity contribution in [2.45, 2.75) is 10.2 Å². The van der Waals surface area contributed by atoms with Crippen molar-refractivity contribution < 1.29 is 9.21 Å². The molecule has 0 radical (unpaired) electrons. The molecule has 0 bridgehead atoms. The van der Waals surface area contributed by atoms with E-state index in [0.717, 1.165) is 10.2 Å². The van der Waals surface area contributed by atoms with Crippen LogP contribution in [-0.2, 0) is 0 Å². The summed E-state index contributed by atoms with van der Waals surface area (Å²) < 4.78 is 8.14. The molecule has 8 nitrogen and oxygen atoms in total. The van der Waals surface area contributed by atoms with Gasteiger partial charge in [-0.15, -0.1) is 5.10 Å². The molecule has 0 aliphatic carbocycles. The van der Waals surface area contributed by atoms with Gasteiger partial charge in [0.25, 0.3) is 5.91 Å². The first-order valence-corrected chi connectivity index (χ1v) is 10.0. The van der Waals surface area contributed by atoms with Gasteiger partial charge in [-0.3, -0.25) is 4.79 Å². The summed E-state index contributed by atoms with van der Waals surface area (Å²) in [7, 11) is 0. The zero-order valence-corrected chi connectivity index (χ0v) is 17.2. The van der Waals surface area contributed by atoms with Gasteiger partial charge in [-0.25, -0.2) is 5.43 Å². The smallest absolute Gasteiger partial charge is 0.271 e. The number of furan rings is 1. The number of hydrazone groups is 1. The number of carbonyl (C=O) groups excluding carboxylic acids is 1. The molecule has 0 saturated carbocycles. The Morgan fingerprint density at radius 3 is 2.83 bits per heavy atom. The number of hydrogen-bond donors (Lipinski definition) is 1. The average Bonchev–Trinajstić information content (AvgIpc) is 3.38. The summed E-state index contributed by atoms with van der Waals surface area (Å²) >= 11 is 4.61. The maximum Gasteiger partial charge on any atom is 0.271 e. The highest BCUT2D eigenvalue weighted by molar-refractivity contribution is 9.10. The summed E-state index contributed by atoms with van der Waals surface area (Å²) in [6.45, 7) is 0. The predicted molar refractivity (Wildman–Crippen MR) is 111 cm³/mol. The van der Waals surface area contributed by atoms with Crippen LogP contribution in [0, 0.1) is 0 Å². The van der Waals surface area contributed by atoms with Crippen LogP contribution >= 0.6 is 27.7 Å². The second kappa shape index (κ2) is 8.84. The molecule has 0 fully saturated rings. The van der Waals surface area contributed by atoms with Gasteiger partial charge in [0.1, 0.15) is 5.76 Å². The Kier molecular flexibility index (Phi) is 5.82. The number of nitrogens with zero attached hydrogens (tertiary/aromatic N) is 5. The summed E-state index contributed by atoms with van der Waals surface area (Å²) in [4.78, 5) is 12.1. The molecule has 0 spiro atoms. The van der Waals surface area contributed by atoms with E-state index >= 15 is 0 Å². The third-order valence-electron chi connectivity index (χ3n) is 3.68. The molecule has 2 aromatic carbocycles. The molecule has 144 valence electrons. The lowest BCUT2D eigenvalue weighted by molar-refractivity contribution is 0.0955. The molecule has 29 heavy (non-hydrogen) atoms. The Morgan fingerprint density at radius 2 is 2.00 bits per heavy atom. The van der Waals surface area contributed by atoms with Gasteiger partial charge >= 0.3 is 0 Å². The van der Waals surface area contributed by atoms with E-state index < -0.39 is 0 Å². The minimum Gasteiger partial charge on any atom is -0.448 e. The lowest BCUT2D eigenvalue weighted by Gasteiger charge is -2.01. The summed E-state index contributed by atoms with van der Waals surface area (Å²) in [5.41, 5.74) is 3.82. The van der Waals surface area contributed by atoms with Crippen LogP contribution < -0.4 is 5.43 Å². The lowest BCUT2D eigenvalue weighted by atomic mass is 10.2. The molecular formula is C19H13BrN6O2S. The van der Waals surface area contributed by atoms with Crippen LogP contribution in [0.1, 0.15) is 16.1 Å². The van der Waals surface area contributed by atoms with Gasteiger partial charge in [-0.2, -0.15) is 9.78 Å². The van der Waals surface area contributed by atoms with Gasteiger partial charge in [-0.05, 0) is 64.7 Å². The lowest BCUT2D eigenvalue weighted by Crippen LogP contribution is -2.17. The van der Waals surface area contributed by atoms with Crippen LogP contribution in [0.15, 0.2) is 91.0 Å². The first kappa shape index (κ1) is 19.1. The minimum absolute atomic E-state index is 0.314.